The predicted molar refractivity (Wildman–Crippen MR) is 102 cm³/mol. The summed E-state index contributed by atoms with van der Waals surface area (Å²) < 4.78 is 10.8. The Labute approximate surface area is 156 Å². The van der Waals surface area contributed by atoms with E-state index in [-0.39, 0.29) is 12.5 Å². The van der Waals surface area contributed by atoms with Gasteiger partial charge in [-0.25, -0.2) is 0 Å². The van der Waals surface area contributed by atoms with Crippen molar-refractivity contribution in [1.82, 2.24) is 9.80 Å². The molecule has 0 unspecified atom stereocenters. The van der Waals surface area contributed by atoms with Gasteiger partial charge in [0.1, 0.15) is 18.5 Å². The van der Waals surface area contributed by atoms with E-state index >= 15 is 0 Å². The minimum absolute atomic E-state index is 0.140. The first-order valence-electron chi connectivity index (χ1n) is 9.40. The Morgan fingerprint density at radius 2 is 1.88 bits per heavy atom. The zero-order valence-electron chi connectivity index (χ0n) is 16.2. The van der Waals surface area contributed by atoms with Crippen molar-refractivity contribution in [1.29, 1.82) is 0 Å². The summed E-state index contributed by atoms with van der Waals surface area (Å²) in [5, 5.41) is 10.3. The third kappa shape index (κ3) is 6.27. The number of rotatable bonds is 9. The number of piperazine rings is 1. The molecule has 0 aliphatic carbocycles. The van der Waals surface area contributed by atoms with Gasteiger partial charge in [-0.05, 0) is 17.5 Å². The summed E-state index contributed by atoms with van der Waals surface area (Å²) in [6, 6.07) is 7.97. The number of carbonyl (C=O) groups is 1. The van der Waals surface area contributed by atoms with Gasteiger partial charge in [-0.1, -0.05) is 32.0 Å². The number of β-amino-alcohol motifs (C(OH)–C–C–N with tert-alkyl or cyclic N) is 1. The monoisotopic (exact) mass is 364 g/mol. The fourth-order valence-electron chi connectivity index (χ4n) is 3.15. The van der Waals surface area contributed by atoms with Gasteiger partial charge in [-0.2, -0.15) is 0 Å². The molecule has 0 spiro atoms. The lowest BCUT2D eigenvalue weighted by Crippen LogP contribution is -2.51. The van der Waals surface area contributed by atoms with E-state index in [2.05, 4.69) is 24.8 Å². The van der Waals surface area contributed by atoms with Gasteiger partial charge in [0.25, 0.3) is 0 Å². The molecule has 1 aromatic carbocycles. The van der Waals surface area contributed by atoms with Crippen molar-refractivity contribution in [2.75, 3.05) is 53.0 Å². The molecule has 1 atom stereocenters. The Balaban J connectivity index is 1.73. The highest BCUT2D eigenvalue weighted by Gasteiger charge is 2.22. The topological polar surface area (TPSA) is 62.2 Å². The summed E-state index contributed by atoms with van der Waals surface area (Å²) >= 11 is 0. The van der Waals surface area contributed by atoms with Crippen molar-refractivity contribution in [2.45, 2.75) is 32.3 Å². The molecule has 1 aliphatic rings. The van der Waals surface area contributed by atoms with E-state index < -0.39 is 6.10 Å². The van der Waals surface area contributed by atoms with Gasteiger partial charge in [0, 0.05) is 39.8 Å². The molecule has 26 heavy (non-hydrogen) atoms. The highest BCUT2D eigenvalue weighted by atomic mass is 16.5. The minimum atomic E-state index is -0.550. The molecule has 1 N–H and O–H groups in total. The van der Waals surface area contributed by atoms with Crippen LogP contribution in [0.15, 0.2) is 24.3 Å². The maximum atomic E-state index is 12.0. The molecular formula is C20H32N2O4. The molecule has 146 valence electrons. The maximum absolute atomic E-state index is 12.0. The molecule has 0 radical (unpaired) electrons. The fraction of sp³-hybridized carbons (Fsp3) is 0.650. The second-order valence-corrected chi connectivity index (χ2v) is 7.08. The molecule has 2 rings (SSSR count). The Hall–Kier alpha value is -1.63. The SMILES string of the molecule is COCCC(=O)N1CCN(C[C@H](O)COc2ccccc2C(C)C)CC1. The largest absolute Gasteiger partial charge is 0.491 e. The average molecular weight is 364 g/mol. The lowest BCUT2D eigenvalue weighted by atomic mass is 10.0. The van der Waals surface area contributed by atoms with E-state index in [9.17, 15) is 9.90 Å². The standard InChI is InChI=1S/C20H32N2O4/c1-16(2)18-6-4-5-7-19(18)26-15-17(23)14-21-9-11-22(12-10-21)20(24)8-13-25-3/h4-7,16-17,23H,8-15H2,1-3H3/t17-/m0/s1. The number of hydrogen-bond donors (Lipinski definition) is 1. The lowest BCUT2D eigenvalue weighted by Gasteiger charge is -2.35. The summed E-state index contributed by atoms with van der Waals surface area (Å²) in [6.07, 6.45) is -0.117. The Bertz CT molecular complexity index is 556. The summed E-state index contributed by atoms with van der Waals surface area (Å²) in [4.78, 5) is 16.0. The molecule has 0 saturated carbocycles. The van der Waals surface area contributed by atoms with Crippen LogP contribution in [-0.2, 0) is 9.53 Å². The first-order chi connectivity index (χ1) is 12.5. The zero-order chi connectivity index (χ0) is 18.9. The van der Waals surface area contributed by atoms with Crippen LogP contribution in [0.3, 0.4) is 0 Å². The van der Waals surface area contributed by atoms with Gasteiger partial charge in [0.2, 0.25) is 5.91 Å². The zero-order valence-corrected chi connectivity index (χ0v) is 16.2. The van der Waals surface area contributed by atoms with Crippen molar-refractivity contribution in [3.05, 3.63) is 29.8 Å². The molecule has 1 fully saturated rings. The third-order valence-electron chi connectivity index (χ3n) is 4.69. The van der Waals surface area contributed by atoms with Gasteiger partial charge in [0.05, 0.1) is 13.0 Å². The number of ether oxygens (including phenoxy) is 2. The Kier molecular flexibility index (Phi) is 8.35. The van der Waals surface area contributed by atoms with Gasteiger partial charge >= 0.3 is 0 Å². The van der Waals surface area contributed by atoms with E-state index in [1.54, 1.807) is 7.11 Å². The summed E-state index contributed by atoms with van der Waals surface area (Å²) in [6.45, 7) is 8.51. The number of hydrogen-bond acceptors (Lipinski definition) is 5. The van der Waals surface area contributed by atoms with Crippen LogP contribution in [-0.4, -0.2) is 80.0 Å². The number of aliphatic hydroxyl groups is 1. The van der Waals surface area contributed by atoms with E-state index in [1.165, 1.54) is 0 Å². The van der Waals surface area contributed by atoms with Crippen LogP contribution in [0.4, 0.5) is 0 Å². The number of nitrogens with zero attached hydrogens (tertiary/aromatic N) is 2. The number of methoxy groups -OCH3 is 1. The van der Waals surface area contributed by atoms with E-state index in [4.69, 9.17) is 9.47 Å². The molecule has 1 amide bonds. The van der Waals surface area contributed by atoms with E-state index in [0.717, 1.165) is 24.4 Å². The van der Waals surface area contributed by atoms with Gasteiger partial charge in [-0.15, -0.1) is 0 Å². The number of benzene rings is 1. The van der Waals surface area contributed by atoms with Crippen LogP contribution in [0.5, 0.6) is 5.75 Å². The number of carbonyl (C=O) groups excluding carboxylic acids is 1. The molecule has 6 nitrogen and oxygen atoms in total. The predicted octanol–water partition coefficient (Wildman–Crippen LogP) is 1.73. The molecule has 6 heteroatoms. The van der Waals surface area contributed by atoms with Crippen molar-refractivity contribution >= 4 is 5.91 Å². The molecule has 1 aliphatic heterocycles. The first kappa shape index (κ1) is 20.7. The van der Waals surface area contributed by atoms with Crippen LogP contribution in [0.1, 0.15) is 31.7 Å². The normalized spacial score (nSPS) is 16.7. The molecule has 1 heterocycles. The van der Waals surface area contributed by atoms with E-state index in [1.807, 2.05) is 23.1 Å². The van der Waals surface area contributed by atoms with Crippen LogP contribution < -0.4 is 4.74 Å². The minimum Gasteiger partial charge on any atom is -0.491 e. The summed E-state index contributed by atoms with van der Waals surface area (Å²) in [5.74, 6) is 1.36. The quantitative estimate of drug-likeness (QED) is 0.723. The van der Waals surface area contributed by atoms with Crippen molar-refractivity contribution in [3.63, 3.8) is 0 Å². The number of aliphatic hydroxyl groups excluding tert-OH is 1. The second-order valence-electron chi connectivity index (χ2n) is 7.08. The Morgan fingerprint density at radius 3 is 2.54 bits per heavy atom. The summed E-state index contributed by atoms with van der Waals surface area (Å²) in [5.41, 5.74) is 1.16. The molecular weight excluding hydrogens is 332 g/mol. The number of amides is 1. The third-order valence-corrected chi connectivity index (χ3v) is 4.69. The fourth-order valence-corrected chi connectivity index (χ4v) is 3.15. The number of para-hydroxylation sites is 1. The molecule has 1 aromatic rings. The van der Waals surface area contributed by atoms with E-state index in [0.29, 0.717) is 38.6 Å². The van der Waals surface area contributed by atoms with Gasteiger partial charge < -0.3 is 19.5 Å². The van der Waals surface area contributed by atoms with Crippen LogP contribution in [0.25, 0.3) is 0 Å². The van der Waals surface area contributed by atoms with Crippen molar-refractivity contribution < 1.29 is 19.4 Å². The molecule has 1 saturated heterocycles. The highest BCUT2D eigenvalue weighted by molar-refractivity contribution is 5.76. The van der Waals surface area contributed by atoms with Crippen molar-refractivity contribution in [2.24, 2.45) is 0 Å². The van der Waals surface area contributed by atoms with Gasteiger partial charge in [-0.3, -0.25) is 9.69 Å². The molecule has 0 aromatic heterocycles. The van der Waals surface area contributed by atoms with Gasteiger partial charge in [0.15, 0.2) is 0 Å². The van der Waals surface area contributed by atoms with Crippen LogP contribution in [0.2, 0.25) is 0 Å². The smallest absolute Gasteiger partial charge is 0.224 e. The van der Waals surface area contributed by atoms with Crippen molar-refractivity contribution in [3.8, 4) is 5.75 Å². The van der Waals surface area contributed by atoms with Crippen LogP contribution in [0, 0.1) is 0 Å². The maximum Gasteiger partial charge on any atom is 0.224 e. The second kappa shape index (κ2) is 10.5. The summed E-state index contributed by atoms with van der Waals surface area (Å²) in [7, 11) is 1.61. The molecule has 0 bridgehead atoms. The highest BCUT2D eigenvalue weighted by Crippen LogP contribution is 2.25. The lowest BCUT2D eigenvalue weighted by molar-refractivity contribution is -0.134. The first-order valence-corrected chi connectivity index (χ1v) is 9.40. The Morgan fingerprint density at radius 1 is 1.19 bits per heavy atom. The van der Waals surface area contributed by atoms with Crippen LogP contribution >= 0.6 is 0 Å². The average Bonchev–Trinajstić information content (AvgIpc) is 2.65.